The summed E-state index contributed by atoms with van der Waals surface area (Å²) in [5.41, 5.74) is 2.85. The number of aromatic hydroxyl groups is 1. The quantitative estimate of drug-likeness (QED) is 0.236. The largest absolute Gasteiger partial charge is 0.507 e. The van der Waals surface area contributed by atoms with Crippen molar-refractivity contribution in [1.82, 2.24) is 0 Å². The first-order valence-electron chi connectivity index (χ1n) is 12.5. The van der Waals surface area contributed by atoms with Crippen LogP contribution in [0.2, 0.25) is 0 Å². The Bertz CT molecular complexity index is 594. The van der Waals surface area contributed by atoms with Crippen molar-refractivity contribution in [2.24, 2.45) is 0 Å². The molecule has 0 fully saturated rings. The molecule has 0 aliphatic carbocycles. The van der Waals surface area contributed by atoms with Gasteiger partial charge in [-0.2, -0.15) is 0 Å². The second kappa shape index (κ2) is 16.2. The number of aryl methyl sites for hydroxylation is 2. The molecule has 0 radical (unpaired) electrons. The molecule has 1 unspecified atom stereocenters. The number of phenolic OH excluding ortho intramolecular Hbond substituents is 1. The van der Waals surface area contributed by atoms with Crippen LogP contribution in [0.1, 0.15) is 133 Å². The number of carboxylic acid groups (broad SMARTS) is 1. The van der Waals surface area contributed by atoms with Gasteiger partial charge in [-0.3, -0.25) is 4.79 Å². The lowest BCUT2D eigenvalue weighted by Gasteiger charge is -2.18. The fraction of sp³-hybridized carbons (Fsp3) is 0.741. The minimum Gasteiger partial charge on any atom is -0.507 e. The second-order valence-corrected chi connectivity index (χ2v) is 9.03. The maximum Gasteiger partial charge on any atom is 0.303 e. The van der Waals surface area contributed by atoms with Gasteiger partial charge in [0, 0.05) is 0 Å². The molecule has 0 bridgehead atoms. The third-order valence-corrected chi connectivity index (χ3v) is 6.33. The van der Waals surface area contributed by atoms with Crippen molar-refractivity contribution >= 4 is 5.97 Å². The van der Waals surface area contributed by atoms with Gasteiger partial charge in [-0.15, -0.1) is 0 Å². The molecule has 1 aromatic rings. The van der Waals surface area contributed by atoms with E-state index in [0.717, 1.165) is 36.0 Å². The van der Waals surface area contributed by atoms with Crippen LogP contribution in [0, 0.1) is 6.92 Å². The fourth-order valence-electron chi connectivity index (χ4n) is 4.39. The van der Waals surface area contributed by atoms with Crippen molar-refractivity contribution in [2.45, 2.75) is 129 Å². The van der Waals surface area contributed by atoms with Crippen LogP contribution in [0.5, 0.6) is 5.75 Å². The number of aliphatic carboxylic acids is 1. The van der Waals surface area contributed by atoms with Crippen LogP contribution in [0.3, 0.4) is 0 Å². The van der Waals surface area contributed by atoms with E-state index in [-0.39, 0.29) is 12.3 Å². The number of carbonyl (C=O) groups is 1. The number of unbranched alkanes of at least 4 members (excludes halogenated alkanes) is 12. The summed E-state index contributed by atoms with van der Waals surface area (Å²) in [6.07, 6.45) is 19.1. The van der Waals surface area contributed by atoms with E-state index in [9.17, 15) is 15.0 Å². The summed E-state index contributed by atoms with van der Waals surface area (Å²) < 4.78 is 0. The molecule has 0 aromatic heterocycles. The Labute approximate surface area is 185 Å². The van der Waals surface area contributed by atoms with Crippen LogP contribution in [-0.4, -0.2) is 16.2 Å². The molecule has 0 spiro atoms. The van der Waals surface area contributed by atoms with Gasteiger partial charge in [0.05, 0.1) is 6.42 Å². The number of hydrogen-bond donors (Lipinski definition) is 2. The lowest BCUT2D eigenvalue weighted by Crippen LogP contribution is -2.07. The zero-order valence-corrected chi connectivity index (χ0v) is 19.8. The van der Waals surface area contributed by atoms with E-state index in [0.29, 0.717) is 5.75 Å². The molecule has 30 heavy (non-hydrogen) atoms. The van der Waals surface area contributed by atoms with Gasteiger partial charge in [0.1, 0.15) is 5.75 Å². The van der Waals surface area contributed by atoms with Gasteiger partial charge in [0.25, 0.3) is 0 Å². The topological polar surface area (TPSA) is 57.5 Å². The fourth-order valence-corrected chi connectivity index (χ4v) is 4.39. The van der Waals surface area contributed by atoms with Crippen molar-refractivity contribution in [3.8, 4) is 5.75 Å². The van der Waals surface area contributed by atoms with Crippen LogP contribution in [-0.2, 0) is 11.2 Å². The van der Waals surface area contributed by atoms with E-state index in [2.05, 4.69) is 6.92 Å². The van der Waals surface area contributed by atoms with E-state index in [1.165, 1.54) is 77.0 Å². The Morgan fingerprint density at radius 3 is 1.80 bits per heavy atom. The highest BCUT2D eigenvalue weighted by molar-refractivity contribution is 5.68. The first-order chi connectivity index (χ1) is 14.5. The molecule has 0 saturated carbocycles. The molecule has 1 atom stereocenters. The van der Waals surface area contributed by atoms with Crippen molar-refractivity contribution in [2.75, 3.05) is 0 Å². The summed E-state index contributed by atoms with van der Waals surface area (Å²) in [7, 11) is 0. The number of carboxylic acids is 1. The van der Waals surface area contributed by atoms with Gasteiger partial charge >= 0.3 is 5.97 Å². The highest BCUT2D eigenvalue weighted by Crippen LogP contribution is 2.32. The minimum atomic E-state index is -0.738. The predicted molar refractivity (Wildman–Crippen MR) is 128 cm³/mol. The molecule has 0 aliphatic heterocycles. The van der Waals surface area contributed by atoms with E-state index < -0.39 is 5.97 Å². The average molecular weight is 419 g/mol. The normalized spacial score (nSPS) is 12.2. The van der Waals surface area contributed by atoms with Crippen LogP contribution in [0.4, 0.5) is 0 Å². The maximum absolute atomic E-state index is 11.4. The van der Waals surface area contributed by atoms with Crippen molar-refractivity contribution in [1.29, 1.82) is 0 Å². The lowest BCUT2D eigenvalue weighted by atomic mass is 9.87. The van der Waals surface area contributed by atoms with Crippen molar-refractivity contribution < 1.29 is 15.0 Å². The van der Waals surface area contributed by atoms with Gasteiger partial charge < -0.3 is 10.2 Å². The Morgan fingerprint density at radius 1 is 0.833 bits per heavy atom. The molecule has 0 aliphatic rings. The molecule has 0 saturated heterocycles. The molecule has 0 heterocycles. The van der Waals surface area contributed by atoms with E-state index in [1.54, 1.807) is 0 Å². The van der Waals surface area contributed by atoms with Crippen LogP contribution >= 0.6 is 0 Å². The number of phenols is 1. The predicted octanol–water partition coefficient (Wildman–Crippen LogP) is 8.30. The molecule has 0 amide bonds. The molecular formula is C27H46O3. The third kappa shape index (κ3) is 11.0. The Morgan fingerprint density at radius 2 is 1.33 bits per heavy atom. The van der Waals surface area contributed by atoms with Crippen molar-refractivity contribution in [3.05, 3.63) is 28.8 Å². The van der Waals surface area contributed by atoms with Gasteiger partial charge in [0.15, 0.2) is 0 Å². The average Bonchev–Trinajstić information content (AvgIpc) is 2.72. The second-order valence-electron chi connectivity index (χ2n) is 9.03. The van der Waals surface area contributed by atoms with Gasteiger partial charge in [-0.05, 0) is 42.4 Å². The van der Waals surface area contributed by atoms with Gasteiger partial charge in [-0.25, -0.2) is 0 Å². The van der Waals surface area contributed by atoms with Crippen LogP contribution in [0.25, 0.3) is 0 Å². The minimum absolute atomic E-state index is 0.0415. The van der Waals surface area contributed by atoms with E-state index >= 15 is 0 Å². The zero-order valence-electron chi connectivity index (χ0n) is 19.8. The standard InChI is InChI=1S/C27H46O3/c1-4-6-7-8-9-10-11-12-13-14-15-16-17-18-24(21-26(28)29)25-19-22(3)27(30)23(5-2)20-25/h19-20,24,30H,4-18,21H2,1-3H3,(H,28,29). The summed E-state index contributed by atoms with van der Waals surface area (Å²) in [6, 6.07) is 3.99. The van der Waals surface area contributed by atoms with Crippen molar-refractivity contribution in [3.63, 3.8) is 0 Å². The Hall–Kier alpha value is -1.51. The van der Waals surface area contributed by atoms with Crippen LogP contribution < -0.4 is 0 Å². The summed E-state index contributed by atoms with van der Waals surface area (Å²) in [5, 5.41) is 19.5. The SMILES string of the molecule is CCCCCCCCCCCCCCCC(CC(=O)O)c1cc(C)c(O)c(CC)c1. The first kappa shape index (κ1) is 26.5. The monoisotopic (exact) mass is 418 g/mol. The van der Waals surface area contributed by atoms with Gasteiger partial charge in [0.2, 0.25) is 0 Å². The molecule has 3 heteroatoms. The molecule has 172 valence electrons. The zero-order chi connectivity index (χ0) is 22.2. The Kier molecular flexibility index (Phi) is 14.3. The van der Waals surface area contributed by atoms with E-state index in [4.69, 9.17) is 0 Å². The third-order valence-electron chi connectivity index (χ3n) is 6.33. The lowest BCUT2D eigenvalue weighted by molar-refractivity contribution is -0.137. The highest BCUT2D eigenvalue weighted by Gasteiger charge is 2.18. The number of rotatable bonds is 18. The first-order valence-corrected chi connectivity index (χ1v) is 12.5. The molecule has 1 rings (SSSR count). The molecule has 1 aromatic carbocycles. The number of hydrogen-bond acceptors (Lipinski definition) is 2. The van der Waals surface area contributed by atoms with Crippen LogP contribution in [0.15, 0.2) is 12.1 Å². The summed E-state index contributed by atoms with van der Waals surface area (Å²) >= 11 is 0. The smallest absolute Gasteiger partial charge is 0.303 e. The summed E-state index contributed by atoms with van der Waals surface area (Å²) in [4.78, 5) is 11.4. The number of benzene rings is 1. The van der Waals surface area contributed by atoms with Gasteiger partial charge in [-0.1, -0.05) is 109 Å². The highest BCUT2D eigenvalue weighted by atomic mass is 16.4. The summed E-state index contributed by atoms with van der Waals surface area (Å²) in [5.74, 6) is -0.338. The molecule has 2 N–H and O–H groups in total. The Balaban J connectivity index is 2.27. The maximum atomic E-state index is 11.4. The van der Waals surface area contributed by atoms with E-state index in [1.807, 2.05) is 26.0 Å². The summed E-state index contributed by atoms with van der Waals surface area (Å²) in [6.45, 7) is 6.20. The molecule has 3 nitrogen and oxygen atoms in total. The molecular weight excluding hydrogens is 372 g/mol.